The highest BCUT2D eigenvalue weighted by Gasteiger charge is 2.16. The Morgan fingerprint density at radius 2 is 1.66 bits per heavy atom. The van der Waals surface area contributed by atoms with E-state index in [4.69, 9.17) is 0 Å². The first-order chi connectivity index (χ1) is 15.5. The molecule has 7 heteroatoms. The van der Waals surface area contributed by atoms with Gasteiger partial charge < -0.3 is 15.0 Å². The summed E-state index contributed by atoms with van der Waals surface area (Å²) in [7, 11) is 0. The number of amides is 1. The van der Waals surface area contributed by atoms with Gasteiger partial charge in [-0.2, -0.15) is 0 Å². The van der Waals surface area contributed by atoms with E-state index in [2.05, 4.69) is 22.3 Å². The number of nitrogens with zero attached hydrogens (tertiary/aromatic N) is 2. The first-order valence-electron chi connectivity index (χ1n) is 10.7. The van der Waals surface area contributed by atoms with Gasteiger partial charge in [-0.25, -0.2) is 4.39 Å². The molecule has 2 heterocycles. The monoisotopic (exact) mass is 435 g/mol. The van der Waals surface area contributed by atoms with E-state index < -0.39 is 17.2 Å². The van der Waals surface area contributed by atoms with E-state index >= 15 is 0 Å². The van der Waals surface area contributed by atoms with Crippen LogP contribution in [0, 0.1) is 5.82 Å². The highest BCUT2D eigenvalue weighted by Crippen LogP contribution is 2.16. The number of hydrogen-bond donors (Lipinski definition) is 2. The lowest BCUT2D eigenvalue weighted by Gasteiger charge is -2.15. The number of likely N-dealkylation sites (tertiary alicyclic amines) is 1. The van der Waals surface area contributed by atoms with E-state index in [1.807, 2.05) is 12.1 Å². The number of nitrogens with one attached hydrogen (secondary N) is 1. The minimum Gasteiger partial charge on any atom is -0.502 e. The molecule has 1 amide bonds. The molecule has 2 aromatic carbocycles. The summed E-state index contributed by atoms with van der Waals surface area (Å²) < 4.78 is 14.4. The van der Waals surface area contributed by atoms with Crippen LogP contribution in [0.15, 0.2) is 65.6 Å². The van der Waals surface area contributed by atoms with Gasteiger partial charge in [0.1, 0.15) is 5.82 Å². The second-order valence-corrected chi connectivity index (χ2v) is 8.12. The van der Waals surface area contributed by atoms with Gasteiger partial charge >= 0.3 is 0 Å². The first kappa shape index (κ1) is 21.8. The fourth-order valence-corrected chi connectivity index (χ4v) is 3.97. The topological polar surface area (TPSA) is 74.6 Å². The lowest BCUT2D eigenvalue weighted by molar-refractivity contribution is 0.0947. The molecule has 1 saturated heterocycles. The van der Waals surface area contributed by atoms with Crippen molar-refractivity contribution in [2.24, 2.45) is 0 Å². The van der Waals surface area contributed by atoms with Crippen LogP contribution in [0.1, 0.15) is 39.9 Å². The average molecular weight is 435 g/mol. The van der Waals surface area contributed by atoms with Gasteiger partial charge in [-0.1, -0.05) is 36.4 Å². The summed E-state index contributed by atoms with van der Waals surface area (Å²) >= 11 is 0. The summed E-state index contributed by atoms with van der Waals surface area (Å²) in [6.07, 6.45) is 3.98. The third-order valence-corrected chi connectivity index (χ3v) is 5.70. The smallest absolute Gasteiger partial charge is 0.293 e. The van der Waals surface area contributed by atoms with Crippen LogP contribution in [0.3, 0.4) is 0 Å². The maximum atomic E-state index is 13.0. The average Bonchev–Trinajstić information content (AvgIpc) is 3.30. The van der Waals surface area contributed by atoms with Gasteiger partial charge in [0.15, 0.2) is 5.75 Å². The molecule has 166 valence electrons. The Kier molecular flexibility index (Phi) is 6.66. The number of pyridine rings is 1. The number of aromatic nitrogens is 1. The minimum atomic E-state index is -0.621. The third-order valence-electron chi connectivity index (χ3n) is 5.70. The lowest BCUT2D eigenvalue weighted by atomic mass is 10.1. The predicted octanol–water partition coefficient (Wildman–Crippen LogP) is 3.27. The zero-order valence-corrected chi connectivity index (χ0v) is 17.8. The summed E-state index contributed by atoms with van der Waals surface area (Å²) in [5.74, 6) is -1.51. The number of aromatic hydroxyl groups is 1. The lowest BCUT2D eigenvalue weighted by Crippen LogP contribution is -2.27. The summed E-state index contributed by atoms with van der Waals surface area (Å²) in [6.45, 7) is 3.58. The first-order valence-corrected chi connectivity index (χ1v) is 10.7. The summed E-state index contributed by atoms with van der Waals surface area (Å²) in [5, 5.41) is 13.0. The number of halogens is 1. The van der Waals surface area contributed by atoms with E-state index in [-0.39, 0.29) is 17.9 Å². The van der Waals surface area contributed by atoms with Gasteiger partial charge in [0.25, 0.3) is 11.5 Å². The van der Waals surface area contributed by atoms with Crippen molar-refractivity contribution in [2.75, 3.05) is 13.1 Å². The molecule has 4 rings (SSSR count). The normalized spacial score (nSPS) is 13.9. The second-order valence-electron chi connectivity index (χ2n) is 8.12. The largest absolute Gasteiger partial charge is 0.502 e. The van der Waals surface area contributed by atoms with Gasteiger partial charge in [0.05, 0.1) is 12.1 Å². The second kappa shape index (κ2) is 9.78. The van der Waals surface area contributed by atoms with Gasteiger partial charge in [-0.15, -0.1) is 0 Å². The molecule has 0 radical (unpaired) electrons. The van der Waals surface area contributed by atoms with Crippen LogP contribution in [-0.4, -0.2) is 33.6 Å². The standard InChI is InChI=1S/C25H26FN3O3/c26-21-8-6-18(7-9-21)15-27-24(31)22-10-13-29(25(32)23(22)30)17-20-5-3-4-19(14-20)16-28-11-1-2-12-28/h3-10,13-14,30H,1-2,11-12,15-17H2,(H,27,31). The highest BCUT2D eigenvalue weighted by molar-refractivity contribution is 5.96. The maximum absolute atomic E-state index is 13.0. The maximum Gasteiger partial charge on any atom is 0.293 e. The minimum absolute atomic E-state index is 0.0869. The number of benzene rings is 2. The van der Waals surface area contributed by atoms with Crippen LogP contribution in [-0.2, 0) is 19.6 Å². The van der Waals surface area contributed by atoms with E-state index in [1.54, 1.807) is 12.1 Å². The van der Waals surface area contributed by atoms with E-state index in [1.165, 1.54) is 47.4 Å². The molecule has 0 bridgehead atoms. The van der Waals surface area contributed by atoms with Crippen LogP contribution in [0.4, 0.5) is 4.39 Å². The van der Waals surface area contributed by atoms with Gasteiger partial charge in [0.2, 0.25) is 0 Å². The Labute approximate surface area is 185 Å². The van der Waals surface area contributed by atoms with E-state index in [9.17, 15) is 19.1 Å². The van der Waals surface area contributed by atoms with Gasteiger partial charge in [-0.3, -0.25) is 14.5 Å². The van der Waals surface area contributed by atoms with Crippen LogP contribution in [0.2, 0.25) is 0 Å². The van der Waals surface area contributed by atoms with Crippen molar-refractivity contribution < 1.29 is 14.3 Å². The molecule has 1 fully saturated rings. The van der Waals surface area contributed by atoms with Crippen molar-refractivity contribution in [2.45, 2.75) is 32.5 Å². The van der Waals surface area contributed by atoms with Crippen molar-refractivity contribution in [1.29, 1.82) is 0 Å². The number of carbonyl (C=O) groups excluding carboxylic acids is 1. The van der Waals surface area contributed by atoms with Crippen LogP contribution in [0.25, 0.3) is 0 Å². The predicted molar refractivity (Wildman–Crippen MR) is 120 cm³/mol. The van der Waals surface area contributed by atoms with Crippen LogP contribution >= 0.6 is 0 Å². The Morgan fingerprint density at radius 1 is 0.969 bits per heavy atom. The molecule has 6 nitrogen and oxygen atoms in total. The molecule has 1 aliphatic rings. The van der Waals surface area contributed by atoms with Gasteiger partial charge in [-0.05, 0) is 60.8 Å². The zero-order valence-electron chi connectivity index (χ0n) is 17.8. The van der Waals surface area contributed by atoms with Crippen molar-refractivity contribution in [3.8, 4) is 5.75 Å². The van der Waals surface area contributed by atoms with E-state index in [0.29, 0.717) is 12.1 Å². The molecular weight excluding hydrogens is 409 g/mol. The van der Waals surface area contributed by atoms with Crippen molar-refractivity contribution in [3.05, 3.63) is 99.2 Å². The van der Waals surface area contributed by atoms with Crippen molar-refractivity contribution >= 4 is 5.91 Å². The van der Waals surface area contributed by atoms with Crippen LogP contribution < -0.4 is 10.9 Å². The third kappa shape index (κ3) is 5.23. The van der Waals surface area contributed by atoms with Crippen molar-refractivity contribution in [3.63, 3.8) is 0 Å². The number of rotatable bonds is 7. The molecule has 0 atom stereocenters. The molecule has 3 aromatic rings. The Balaban J connectivity index is 1.43. The summed E-state index contributed by atoms with van der Waals surface area (Å²) in [6, 6.07) is 15.2. The fraction of sp³-hybridized carbons (Fsp3) is 0.280. The fourth-order valence-electron chi connectivity index (χ4n) is 3.97. The molecule has 2 N–H and O–H groups in total. The molecule has 1 aliphatic heterocycles. The quantitative estimate of drug-likeness (QED) is 0.597. The Bertz CT molecular complexity index is 1150. The van der Waals surface area contributed by atoms with Crippen molar-refractivity contribution in [1.82, 2.24) is 14.8 Å². The molecule has 0 aliphatic carbocycles. The molecule has 0 unspecified atom stereocenters. The molecule has 0 spiro atoms. The molecule has 0 saturated carbocycles. The van der Waals surface area contributed by atoms with Gasteiger partial charge in [0, 0.05) is 19.3 Å². The highest BCUT2D eigenvalue weighted by atomic mass is 19.1. The Morgan fingerprint density at radius 3 is 2.38 bits per heavy atom. The zero-order chi connectivity index (χ0) is 22.5. The summed E-state index contributed by atoms with van der Waals surface area (Å²) in [5.41, 5.74) is 2.15. The summed E-state index contributed by atoms with van der Waals surface area (Å²) in [4.78, 5) is 27.5. The molecular formula is C25H26FN3O3. The SMILES string of the molecule is O=C(NCc1ccc(F)cc1)c1ccn(Cc2cccc(CN3CCCC3)c2)c(=O)c1O. The number of hydrogen-bond acceptors (Lipinski definition) is 4. The van der Waals surface area contributed by atoms with Crippen LogP contribution in [0.5, 0.6) is 5.75 Å². The number of carbonyl (C=O) groups is 1. The molecule has 32 heavy (non-hydrogen) atoms. The Hall–Kier alpha value is -3.45. The van der Waals surface area contributed by atoms with E-state index in [0.717, 1.165) is 25.2 Å². The molecule has 1 aromatic heterocycles.